The first-order valence-corrected chi connectivity index (χ1v) is 10.5. The number of carbonyl (C=O) groups excluding carboxylic acids is 1. The van der Waals surface area contributed by atoms with E-state index >= 15 is 0 Å². The molecule has 0 atom stereocenters. The topological polar surface area (TPSA) is 82.2 Å². The molecule has 7 nitrogen and oxygen atoms in total. The largest absolute Gasteiger partial charge is 0.366 e. The van der Waals surface area contributed by atoms with Crippen LogP contribution in [0.5, 0.6) is 0 Å². The van der Waals surface area contributed by atoms with Gasteiger partial charge in [0.05, 0.1) is 11.2 Å². The minimum atomic E-state index is -0.306. The molecule has 1 fully saturated rings. The van der Waals surface area contributed by atoms with Gasteiger partial charge in [-0.2, -0.15) is 5.26 Å². The average Bonchev–Trinajstić information content (AvgIpc) is 2.85. The van der Waals surface area contributed by atoms with Crippen molar-refractivity contribution in [2.24, 2.45) is 7.05 Å². The van der Waals surface area contributed by atoms with Gasteiger partial charge in [-0.1, -0.05) is 42.5 Å². The summed E-state index contributed by atoms with van der Waals surface area (Å²) < 4.78 is 1.52. The minimum Gasteiger partial charge on any atom is -0.366 e. The lowest BCUT2D eigenvalue weighted by molar-refractivity contribution is 0.0743. The summed E-state index contributed by atoms with van der Waals surface area (Å²) in [7, 11) is 1.68. The molecule has 1 saturated heterocycles. The lowest BCUT2D eigenvalue weighted by Gasteiger charge is -2.37. The zero-order valence-corrected chi connectivity index (χ0v) is 17.7. The molecule has 32 heavy (non-hydrogen) atoms. The van der Waals surface area contributed by atoms with Crippen molar-refractivity contribution in [3.05, 3.63) is 82.4 Å². The number of hydrogen-bond acceptors (Lipinski definition) is 5. The van der Waals surface area contributed by atoms with Gasteiger partial charge in [-0.25, -0.2) is 0 Å². The molecule has 1 amide bonds. The van der Waals surface area contributed by atoms with Gasteiger partial charge in [-0.15, -0.1) is 0 Å². The number of nitrogens with zero attached hydrogens (tertiary/aromatic N) is 5. The first-order valence-electron chi connectivity index (χ1n) is 10.5. The third kappa shape index (κ3) is 3.08. The summed E-state index contributed by atoms with van der Waals surface area (Å²) in [6.45, 7) is 2.03. The Bertz CT molecular complexity index is 1450. The van der Waals surface area contributed by atoms with E-state index in [1.54, 1.807) is 18.1 Å². The number of piperazine rings is 1. The second kappa shape index (κ2) is 7.82. The number of nitriles is 1. The van der Waals surface area contributed by atoms with E-state index in [4.69, 9.17) is 0 Å². The van der Waals surface area contributed by atoms with Crippen LogP contribution in [-0.4, -0.2) is 46.5 Å². The lowest BCUT2D eigenvalue weighted by atomic mass is 10.1. The number of rotatable bonds is 2. The van der Waals surface area contributed by atoms with E-state index in [-0.39, 0.29) is 17.0 Å². The summed E-state index contributed by atoms with van der Waals surface area (Å²) in [5, 5.41) is 12.4. The number of para-hydroxylation sites is 1. The maximum atomic E-state index is 13.2. The van der Waals surface area contributed by atoms with Crippen LogP contribution in [0.4, 0.5) is 5.69 Å². The van der Waals surface area contributed by atoms with Crippen LogP contribution in [-0.2, 0) is 7.05 Å². The van der Waals surface area contributed by atoms with Crippen LogP contribution in [0.15, 0.2) is 65.6 Å². The van der Waals surface area contributed by atoms with Crippen molar-refractivity contribution < 1.29 is 4.79 Å². The zero-order valence-electron chi connectivity index (χ0n) is 17.7. The van der Waals surface area contributed by atoms with Crippen LogP contribution in [0.25, 0.3) is 21.7 Å². The molecule has 7 heteroatoms. The minimum absolute atomic E-state index is 0.101. The van der Waals surface area contributed by atoms with E-state index in [0.717, 1.165) is 21.7 Å². The van der Waals surface area contributed by atoms with Crippen LogP contribution in [0.1, 0.15) is 16.1 Å². The lowest BCUT2D eigenvalue weighted by Crippen LogP contribution is -2.49. The Morgan fingerprint density at radius 3 is 2.41 bits per heavy atom. The Labute approximate surface area is 184 Å². The summed E-state index contributed by atoms with van der Waals surface area (Å²) in [5.41, 5.74) is 1.72. The van der Waals surface area contributed by atoms with E-state index in [0.29, 0.717) is 37.6 Å². The van der Waals surface area contributed by atoms with Crippen LogP contribution >= 0.6 is 0 Å². The number of pyridine rings is 2. The molecule has 4 aromatic rings. The number of anilines is 1. The van der Waals surface area contributed by atoms with Crippen molar-refractivity contribution in [1.82, 2.24) is 14.5 Å². The molecule has 1 aliphatic rings. The maximum Gasteiger partial charge on any atom is 0.273 e. The van der Waals surface area contributed by atoms with Gasteiger partial charge in [0, 0.05) is 50.2 Å². The van der Waals surface area contributed by atoms with Gasteiger partial charge in [0.15, 0.2) is 0 Å². The molecule has 0 bridgehead atoms. The Morgan fingerprint density at radius 2 is 1.66 bits per heavy atom. The highest BCUT2D eigenvalue weighted by atomic mass is 16.2. The van der Waals surface area contributed by atoms with Crippen molar-refractivity contribution in [1.29, 1.82) is 5.26 Å². The summed E-state index contributed by atoms with van der Waals surface area (Å²) >= 11 is 0. The number of aromatic nitrogens is 2. The molecule has 0 N–H and O–H groups in total. The van der Waals surface area contributed by atoms with E-state index in [1.165, 1.54) is 4.57 Å². The Kier molecular flexibility index (Phi) is 4.83. The van der Waals surface area contributed by atoms with Crippen LogP contribution in [0, 0.1) is 11.3 Å². The number of benzene rings is 2. The predicted molar refractivity (Wildman–Crippen MR) is 124 cm³/mol. The number of aryl methyl sites for hydroxylation is 1. The zero-order chi connectivity index (χ0) is 22.2. The second-order valence-electron chi connectivity index (χ2n) is 7.88. The van der Waals surface area contributed by atoms with E-state index in [9.17, 15) is 14.9 Å². The molecule has 158 valence electrons. The third-order valence-corrected chi connectivity index (χ3v) is 6.15. The molecule has 2 aromatic heterocycles. The summed E-state index contributed by atoms with van der Waals surface area (Å²) in [6, 6.07) is 19.3. The highest BCUT2D eigenvalue weighted by Crippen LogP contribution is 2.29. The fraction of sp³-hybridized carbons (Fsp3) is 0.200. The van der Waals surface area contributed by atoms with Gasteiger partial charge in [0.2, 0.25) is 0 Å². The number of amides is 1. The van der Waals surface area contributed by atoms with Crippen molar-refractivity contribution in [2.45, 2.75) is 0 Å². The van der Waals surface area contributed by atoms with Crippen molar-refractivity contribution >= 4 is 33.3 Å². The van der Waals surface area contributed by atoms with Gasteiger partial charge in [0.1, 0.15) is 17.3 Å². The SMILES string of the molecule is Cn1c(=O)c(C#N)c(N2CCN(C(=O)c3nccc4ccccc34)CC2)c2ccccc21. The standard InChI is InChI=1S/C25H21N5O2/c1-28-21-9-5-4-8-19(21)23(20(16-26)24(28)31)29-12-14-30(15-13-29)25(32)22-18-7-3-2-6-17(18)10-11-27-22/h2-11H,12-15H2,1H3. The molecule has 0 unspecified atom stereocenters. The van der Waals surface area contributed by atoms with Gasteiger partial charge >= 0.3 is 0 Å². The third-order valence-electron chi connectivity index (χ3n) is 6.15. The molecule has 3 heterocycles. The van der Waals surface area contributed by atoms with Gasteiger partial charge in [-0.05, 0) is 17.5 Å². The summed E-state index contributed by atoms with van der Waals surface area (Å²) in [4.78, 5) is 34.2. The maximum absolute atomic E-state index is 13.2. The number of hydrogen-bond donors (Lipinski definition) is 0. The first-order chi connectivity index (χ1) is 15.6. The van der Waals surface area contributed by atoms with Crippen LogP contribution in [0.2, 0.25) is 0 Å². The predicted octanol–water partition coefficient (Wildman–Crippen LogP) is 2.92. The first kappa shape index (κ1) is 19.8. The molecule has 0 saturated carbocycles. The molecule has 5 rings (SSSR count). The van der Waals surface area contributed by atoms with E-state index < -0.39 is 0 Å². The highest BCUT2D eigenvalue weighted by Gasteiger charge is 2.27. The second-order valence-corrected chi connectivity index (χ2v) is 7.88. The molecule has 1 aliphatic heterocycles. The quantitative estimate of drug-likeness (QED) is 0.495. The fourth-order valence-corrected chi connectivity index (χ4v) is 4.48. The normalized spacial score (nSPS) is 14.0. The van der Waals surface area contributed by atoms with Crippen LogP contribution in [0.3, 0.4) is 0 Å². The average molecular weight is 423 g/mol. The van der Waals surface area contributed by atoms with Crippen molar-refractivity contribution in [2.75, 3.05) is 31.1 Å². The number of fused-ring (bicyclic) bond motifs is 2. The Morgan fingerprint density at radius 1 is 0.969 bits per heavy atom. The molecule has 0 spiro atoms. The van der Waals surface area contributed by atoms with Crippen molar-refractivity contribution in [3.8, 4) is 6.07 Å². The van der Waals surface area contributed by atoms with Crippen molar-refractivity contribution in [3.63, 3.8) is 0 Å². The smallest absolute Gasteiger partial charge is 0.273 e. The fourth-order valence-electron chi connectivity index (χ4n) is 4.48. The van der Waals surface area contributed by atoms with E-state index in [1.807, 2.05) is 59.5 Å². The van der Waals surface area contributed by atoms with E-state index in [2.05, 4.69) is 11.1 Å². The molecular formula is C25H21N5O2. The molecular weight excluding hydrogens is 402 g/mol. The highest BCUT2D eigenvalue weighted by molar-refractivity contribution is 6.05. The monoisotopic (exact) mass is 423 g/mol. The summed E-state index contributed by atoms with van der Waals surface area (Å²) in [5.74, 6) is -0.101. The van der Waals surface area contributed by atoms with Gasteiger partial charge < -0.3 is 14.4 Å². The summed E-state index contributed by atoms with van der Waals surface area (Å²) in [6.07, 6.45) is 1.66. The number of carbonyl (C=O) groups is 1. The van der Waals surface area contributed by atoms with Crippen LogP contribution < -0.4 is 10.5 Å². The molecule has 2 aromatic carbocycles. The van der Waals surface area contributed by atoms with Gasteiger partial charge in [-0.3, -0.25) is 14.6 Å². The molecule has 0 aliphatic carbocycles. The van der Waals surface area contributed by atoms with Gasteiger partial charge in [0.25, 0.3) is 11.5 Å². The Hall–Kier alpha value is -4.18. The molecule has 0 radical (unpaired) electrons. The Balaban J connectivity index is 1.46.